The van der Waals surface area contributed by atoms with E-state index in [0.717, 1.165) is 0 Å². The van der Waals surface area contributed by atoms with E-state index < -0.39 is 0 Å². The Morgan fingerprint density at radius 2 is 2.15 bits per heavy atom. The van der Waals surface area contributed by atoms with Gasteiger partial charge < -0.3 is 15.8 Å². The lowest BCUT2D eigenvalue weighted by Crippen LogP contribution is -2.38. The van der Waals surface area contributed by atoms with Crippen LogP contribution in [0.15, 0.2) is 18.2 Å². The number of anilines is 1. The predicted molar refractivity (Wildman–Crippen MR) is 78.4 cm³/mol. The van der Waals surface area contributed by atoms with E-state index in [1.807, 2.05) is 26.8 Å². The van der Waals surface area contributed by atoms with Gasteiger partial charge in [0.05, 0.1) is 24.4 Å². The molecule has 0 bridgehead atoms. The molecule has 0 spiro atoms. The third kappa shape index (κ3) is 4.25. The van der Waals surface area contributed by atoms with Gasteiger partial charge in [0.1, 0.15) is 5.75 Å². The second-order valence-corrected chi connectivity index (χ2v) is 5.75. The predicted octanol–water partition coefficient (Wildman–Crippen LogP) is 2.27. The van der Waals surface area contributed by atoms with Gasteiger partial charge in [0, 0.05) is 18.5 Å². The molecular weight excluding hydrogens is 254 g/mol. The fourth-order valence-electron chi connectivity index (χ4n) is 1.57. The minimum atomic E-state index is -0.230. The number of nitrogens with zero attached hydrogens (tertiary/aromatic N) is 1. The molecule has 0 heterocycles. The molecule has 1 amide bonds. The molecule has 1 unspecified atom stereocenters. The molecule has 0 aliphatic heterocycles. The Labute approximate surface area is 119 Å². The molecule has 108 valence electrons. The summed E-state index contributed by atoms with van der Waals surface area (Å²) in [5.74, 6) is 0.289. The van der Waals surface area contributed by atoms with Crippen LogP contribution in [0.5, 0.6) is 5.75 Å². The van der Waals surface area contributed by atoms with Crippen molar-refractivity contribution in [3.05, 3.63) is 23.8 Å². The van der Waals surface area contributed by atoms with Crippen molar-refractivity contribution in [3.63, 3.8) is 0 Å². The van der Waals surface area contributed by atoms with Gasteiger partial charge in [-0.2, -0.15) is 5.26 Å². The molecule has 0 radical (unpaired) electrons. The molecular formula is C15H21N3O2. The second kappa shape index (κ2) is 6.40. The van der Waals surface area contributed by atoms with E-state index in [9.17, 15) is 4.79 Å². The summed E-state index contributed by atoms with van der Waals surface area (Å²) in [4.78, 5) is 12.0. The van der Waals surface area contributed by atoms with Gasteiger partial charge in [-0.1, -0.05) is 20.8 Å². The summed E-state index contributed by atoms with van der Waals surface area (Å²) < 4.78 is 5.16. The van der Waals surface area contributed by atoms with Gasteiger partial charge in [0.2, 0.25) is 5.91 Å². The van der Waals surface area contributed by atoms with E-state index in [-0.39, 0.29) is 23.8 Å². The van der Waals surface area contributed by atoms with Gasteiger partial charge >= 0.3 is 0 Å². The number of hydrogen-bond acceptors (Lipinski definition) is 4. The Morgan fingerprint density at radius 3 is 2.65 bits per heavy atom. The molecule has 0 saturated heterocycles. The van der Waals surface area contributed by atoms with Crippen molar-refractivity contribution in [2.24, 2.45) is 11.1 Å². The molecule has 1 atom stereocenters. The first kappa shape index (κ1) is 16.0. The average Bonchev–Trinajstić information content (AvgIpc) is 2.37. The lowest BCUT2D eigenvalue weighted by molar-refractivity contribution is -0.117. The Hall–Kier alpha value is -2.06. The number of benzene rings is 1. The van der Waals surface area contributed by atoms with E-state index in [0.29, 0.717) is 17.0 Å². The molecule has 1 rings (SSSR count). The van der Waals surface area contributed by atoms with Crippen molar-refractivity contribution in [1.82, 2.24) is 0 Å². The maximum Gasteiger partial charge on any atom is 0.226 e. The molecule has 5 nitrogen and oxygen atoms in total. The maximum absolute atomic E-state index is 12.0. The van der Waals surface area contributed by atoms with Crippen molar-refractivity contribution in [1.29, 1.82) is 5.26 Å². The van der Waals surface area contributed by atoms with E-state index in [2.05, 4.69) is 5.32 Å². The summed E-state index contributed by atoms with van der Waals surface area (Å²) in [6.07, 6.45) is 0.229. The summed E-state index contributed by atoms with van der Waals surface area (Å²) >= 11 is 0. The molecule has 0 aliphatic carbocycles. The van der Waals surface area contributed by atoms with Crippen LogP contribution in [0.4, 0.5) is 5.69 Å². The fourth-order valence-corrected chi connectivity index (χ4v) is 1.57. The Bertz CT molecular complexity index is 527. The number of methoxy groups -OCH3 is 1. The Balaban J connectivity index is 2.79. The smallest absolute Gasteiger partial charge is 0.226 e. The van der Waals surface area contributed by atoms with Crippen molar-refractivity contribution in [2.75, 3.05) is 12.4 Å². The minimum absolute atomic E-state index is 0.133. The van der Waals surface area contributed by atoms with Crippen molar-refractivity contribution < 1.29 is 9.53 Å². The third-order valence-corrected chi connectivity index (χ3v) is 3.12. The van der Waals surface area contributed by atoms with Gasteiger partial charge in [-0.25, -0.2) is 0 Å². The first-order valence-electron chi connectivity index (χ1n) is 6.41. The summed E-state index contributed by atoms with van der Waals surface area (Å²) in [6, 6.07) is 6.65. The molecule has 1 aromatic rings. The van der Waals surface area contributed by atoms with Crippen LogP contribution in [0.25, 0.3) is 0 Å². The molecule has 0 saturated carbocycles. The van der Waals surface area contributed by atoms with E-state index in [1.54, 1.807) is 18.2 Å². The number of amides is 1. The zero-order valence-corrected chi connectivity index (χ0v) is 12.4. The first-order chi connectivity index (χ1) is 9.27. The number of nitrogens with two attached hydrogens (primary N) is 1. The minimum Gasteiger partial charge on any atom is -0.495 e. The third-order valence-electron chi connectivity index (χ3n) is 3.12. The number of nitriles is 1. The van der Waals surface area contributed by atoms with Crippen LogP contribution in [0, 0.1) is 16.7 Å². The van der Waals surface area contributed by atoms with Crippen LogP contribution in [-0.4, -0.2) is 19.1 Å². The maximum atomic E-state index is 12.0. The van der Waals surface area contributed by atoms with Gasteiger partial charge in [-0.05, 0) is 17.5 Å². The zero-order chi connectivity index (χ0) is 15.3. The van der Waals surface area contributed by atoms with E-state index in [4.69, 9.17) is 15.7 Å². The quantitative estimate of drug-likeness (QED) is 0.882. The van der Waals surface area contributed by atoms with Crippen LogP contribution in [-0.2, 0) is 4.79 Å². The Kier molecular flexibility index (Phi) is 5.12. The van der Waals surface area contributed by atoms with Gasteiger partial charge in [0.25, 0.3) is 0 Å². The van der Waals surface area contributed by atoms with Gasteiger partial charge in [0.15, 0.2) is 0 Å². The summed E-state index contributed by atoms with van der Waals surface area (Å²) in [7, 11) is 1.49. The molecule has 5 heteroatoms. The molecule has 0 aliphatic rings. The normalized spacial score (nSPS) is 12.4. The SMILES string of the molecule is COc1cc(C#N)ccc1NC(=O)CC(N)C(C)(C)C. The molecule has 1 aromatic carbocycles. The monoisotopic (exact) mass is 275 g/mol. The van der Waals surface area contributed by atoms with Crippen LogP contribution in [0.1, 0.15) is 32.8 Å². The summed E-state index contributed by atoms with van der Waals surface area (Å²) in [6.45, 7) is 5.98. The lowest BCUT2D eigenvalue weighted by Gasteiger charge is -2.26. The Morgan fingerprint density at radius 1 is 1.50 bits per heavy atom. The van der Waals surface area contributed by atoms with E-state index in [1.165, 1.54) is 7.11 Å². The first-order valence-corrected chi connectivity index (χ1v) is 6.41. The number of ether oxygens (including phenoxy) is 1. The van der Waals surface area contributed by atoms with Crippen LogP contribution < -0.4 is 15.8 Å². The van der Waals surface area contributed by atoms with Gasteiger partial charge in [-0.3, -0.25) is 4.79 Å². The van der Waals surface area contributed by atoms with Crippen LogP contribution in [0.3, 0.4) is 0 Å². The van der Waals surface area contributed by atoms with Crippen molar-refractivity contribution in [3.8, 4) is 11.8 Å². The number of carbonyl (C=O) groups excluding carboxylic acids is 1. The highest BCUT2D eigenvalue weighted by Crippen LogP contribution is 2.26. The largest absolute Gasteiger partial charge is 0.495 e. The number of carbonyl (C=O) groups is 1. The number of rotatable bonds is 4. The average molecular weight is 275 g/mol. The summed E-state index contributed by atoms with van der Waals surface area (Å²) in [5.41, 5.74) is 6.87. The molecule has 0 fully saturated rings. The van der Waals surface area contributed by atoms with E-state index >= 15 is 0 Å². The molecule has 0 aromatic heterocycles. The highest BCUT2D eigenvalue weighted by Gasteiger charge is 2.23. The number of nitrogens with one attached hydrogen (secondary N) is 1. The topological polar surface area (TPSA) is 88.1 Å². The van der Waals surface area contributed by atoms with Crippen molar-refractivity contribution in [2.45, 2.75) is 33.2 Å². The van der Waals surface area contributed by atoms with Crippen molar-refractivity contribution >= 4 is 11.6 Å². The fraction of sp³-hybridized carbons (Fsp3) is 0.467. The van der Waals surface area contributed by atoms with Crippen LogP contribution >= 0.6 is 0 Å². The lowest BCUT2D eigenvalue weighted by atomic mass is 9.85. The second-order valence-electron chi connectivity index (χ2n) is 5.75. The highest BCUT2D eigenvalue weighted by atomic mass is 16.5. The zero-order valence-electron chi connectivity index (χ0n) is 12.4. The molecule has 20 heavy (non-hydrogen) atoms. The standard InChI is InChI=1S/C15H21N3O2/c1-15(2,3)13(17)8-14(19)18-11-6-5-10(9-16)7-12(11)20-4/h5-7,13H,8,17H2,1-4H3,(H,18,19). The number of hydrogen-bond donors (Lipinski definition) is 2. The van der Waals surface area contributed by atoms with Crippen LogP contribution in [0.2, 0.25) is 0 Å². The molecule has 3 N–H and O–H groups in total. The summed E-state index contributed by atoms with van der Waals surface area (Å²) in [5, 5.41) is 11.6. The van der Waals surface area contributed by atoms with Gasteiger partial charge in [-0.15, -0.1) is 0 Å². The highest BCUT2D eigenvalue weighted by molar-refractivity contribution is 5.92.